The van der Waals surface area contributed by atoms with E-state index in [0.29, 0.717) is 5.95 Å². The summed E-state index contributed by atoms with van der Waals surface area (Å²) in [5.41, 5.74) is 5.50. The second kappa shape index (κ2) is 5.87. The smallest absolute Gasteiger partial charge is 0.233 e. The number of nitrogen functional groups attached to an aromatic ring is 1. The summed E-state index contributed by atoms with van der Waals surface area (Å²) >= 11 is 1.37. The summed E-state index contributed by atoms with van der Waals surface area (Å²) in [7, 11) is 4.17. The normalized spacial score (nSPS) is 10.9. The SMILES string of the molecule is CCN(CCCN(C)C)c1nc(N)ns1. The van der Waals surface area contributed by atoms with Crippen LogP contribution in [0.2, 0.25) is 0 Å². The van der Waals surface area contributed by atoms with Crippen molar-refractivity contribution in [1.29, 1.82) is 0 Å². The largest absolute Gasteiger partial charge is 0.367 e. The lowest BCUT2D eigenvalue weighted by molar-refractivity contribution is 0.400. The van der Waals surface area contributed by atoms with Crippen molar-refractivity contribution >= 4 is 22.6 Å². The molecule has 1 heterocycles. The molecule has 0 atom stereocenters. The molecule has 0 aromatic carbocycles. The first-order valence-corrected chi connectivity index (χ1v) is 5.89. The zero-order chi connectivity index (χ0) is 11.3. The van der Waals surface area contributed by atoms with E-state index < -0.39 is 0 Å². The van der Waals surface area contributed by atoms with E-state index in [1.807, 2.05) is 0 Å². The van der Waals surface area contributed by atoms with Gasteiger partial charge in [-0.2, -0.15) is 9.36 Å². The number of anilines is 2. The standard InChI is InChI=1S/C9H19N5S/c1-4-14(7-5-6-13(2)3)9-11-8(10)12-15-9/h4-7H2,1-3H3,(H2,10,12). The Bertz CT molecular complexity index is 286. The quantitative estimate of drug-likeness (QED) is 0.785. The van der Waals surface area contributed by atoms with Gasteiger partial charge in [-0.1, -0.05) is 0 Å². The Morgan fingerprint density at radius 1 is 1.33 bits per heavy atom. The van der Waals surface area contributed by atoms with Crippen LogP contribution in [-0.4, -0.2) is 48.0 Å². The van der Waals surface area contributed by atoms with E-state index in [9.17, 15) is 0 Å². The highest BCUT2D eigenvalue weighted by molar-refractivity contribution is 7.09. The molecule has 0 amide bonds. The molecular formula is C9H19N5S. The molecule has 0 spiro atoms. The lowest BCUT2D eigenvalue weighted by atomic mass is 10.4. The topological polar surface area (TPSA) is 58.3 Å². The van der Waals surface area contributed by atoms with Gasteiger partial charge in [-0.15, -0.1) is 0 Å². The van der Waals surface area contributed by atoms with Gasteiger partial charge in [0.05, 0.1) is 0 Å². The first-order chi connectivity index (χ1) is 7.13. The summed E-state index contributed by atoms with van der Waals surface area (Å²) < 4.78 is 3.98. The Kier molecular flexibility index (Phi) is 4.77. The first-order valence-electron chi connectivity index (χ1n) is 5.12. The molecule has 0 unspecified atom stereocenters. The molecule has 0 saturated carbocycles. The summed E-state index contributed by atoms with van der Waals surface area (Å²) in [4.78, 5) is 8.57. The summed E-state index contributed by atoms with van der Waals surface area (Å²) in [5, 5.41) is 0.925. The maximum absolute atomic E-state index is 5.50. The summed E-state index contributed by atoms with van der Waals surface area (Å²) in [6, 6.07) is 0. The Morgan fingerprint density at radius 3 is 2.53 bits per heavy atom. The highest BCUT2D eigenvalue weighted by Gasteiger charge is 2.08. The van der Waals surface area contributed by atoms with Crippen molar-refractivity contribution in [2.75, 3.05) is 44.4 Å². The van der Waals surface area contributed by atoms with E-state index in [4.69, 9.17) is 5.73 Å². The van der Waals surface area contributed by atoms with Gasteiger partial charge in [-0.05, 0) is 34.0 Å². The molecule has 15 heavy (non-hydrogen) atoms. The van der Waals surface area contributed by atoms with Crippen LogP contribution in [0.5, 0.6) is 0 Å². The van der Waals surface area contributed by atoms with E-state index in [1.165, 1.54) is 11.5 Å². The number of nitrogens with zero attached hydrogens (tertiary/aromatic N) is 4. The molecule has 0 fully saturated rings. The van der Waals surface area contributed by atoms with Crippen LogP contribution < -0.4 is 10.6 Å². The van der Waals surface area contributed by atoms with Crippen molar-refractivity contribution in [2.45, 2.75) is 13.3 Å². The van der Waals surface area contributed by atoms with Crippen LogP contribution in [0.3, 0.4) is 0 Å². The third-order valence-electron chi connectivity index (χ3n) is 2.12. The van der Waals surface area contributed by atoms with E-state index in [0.717, 1.165) is 31.2 Å². The van der Waals surface area contributed by atoms with Crippen molar-refractivity contribution in [1.82, 2.24) is 14.3 Å². The molecule has 1 aromatic heterocycles. The fourth-order valence-corrected chi connectivity index (χ4v) is 2.01. The van der Waals surface area contributed by atoms with E-state index in [1.54, 1.807) is 0 Å². The minimum Gasteiger partial charge on any atom is -0.367 e. The van der Waals surface area contributed by atoms with Gasteiger partial charge >= 0.3 is 0 Å². The van der Waals surface area contributed by atoms with Crippen LogP contribution in [0.4, 0.5) is 11.1 Å². The molecule has 2 N–H and O–H groups in total. The Labute approximate surface area is 95.1 Å². The Morgan fingerprint density at radius 2 is 2.07 bits per heavy atom. The van der Waals surface area contributed by atoms with Gasteiger partial charge in [-0.3, -0.25) is 0 Å². The summed E-state index contributed by atoms with van der Waals surface area (Å²) in [6.07, 6.45) is 1.13. The average Bonchev–Trinajstić information content (AvgIpc) is 2.59. The van der Waals surface area contributed by atoms with Crippen LogP contribution >= 0.6 is 11.5 Å². The zero-order valence-electron chi connectivity index (χ0n) is 9.60. The van der Waals surface area contributed by atoms with Gasteiger partial charge in [-0.25, -0.2) is 0 Å². The first kappa shape index (κ1) is 12.2. The maximum Gasteiger partial charge on any atom is 0.233 e. The molecule has 0 radical (unpaired) electrons. The highest BCUT2D eigenvalue weighted by Crippen LogP contribution is 2.17. The minimum atomic E-state index is 0.376. The molecule has 0 bridgehead atoms. The van der Waals surface area contributed by atoms with Crippen LogP contribution in [0, 0.1) is 0 Å². The van der Waals surface area contributed by atoms with Crippen LogP contribution in [0.15, 0.2) is 0 Å². The molecule has 86 valence electrons. The second-order valence-corrected chi connectivity index (χ2v) is 4.40. The van der Waals surface area contributed by atoms with E-state index in [2.05, 4.69) is 40.2 Å². The number of hydrogen-bond acceptors (Lipinski definition) is 6. The molecule has 6 heteroatoms. The van der Waals surface area contributed by atoms with Gasteiger partial charge in [0.2, 0.25) is 11.1 Å². The van der Waals surface area contributed by atoms with Gasteiger partial charge in [0.25, 0.3) is 0 Å². The molecule has 1 aromatic rings. The van der Waals surface area contributed by atoms with Gasteiger partial charge < -0.3 is 15.5 Å². The van der Waals surface area contributed by atoms with Crippen molar-refractivity contribution in [3.63, 3.8) is 0 Å². The highest BCUT2D eigenvalue weighted by atomic mass is 32.1. The minimum absolute atomic E-state index is 0.376. The lowest BCUT2D eigenvalue weighted by Crippen LogP contribution is -2.26. The third-order valence-corrected chi connectivity index (χ3v) is 2.91. The number of aromatic nitrogens is 2. The molecule has 0 aliphatic heterocycles. The molecule has 0 aliphatic carbocycles. The third kappa shape index (κ3) is 4.01. The van der Waals surface area contributed by atoms with Crippen molar-refractivity contribution in [3.8, 4) is 0 Å². The molecule has 0 aliphatic rings. The molecule has 5 nitrogen and oxygen atoms in total. The predicted molar refractivity (Wildman–Crippen MR) is 65.4 cm³/mol. The Balaban J connectivity index is 2.42. The number of hydrogen-bond donors (Lipinski definition) is 1. The number of nitrogens with two attached hydrogens (primary N) is 1. The van der Waals surface area contributed by atoms with Gasteiger partial charge in [0.1, 0.15) is 0 Å². The number of rotatable bonds is 6. The van der Waals surface area contributed by atoms with Gasteiger partial charge in [0, 0.05) is 24.6 Å². The van der Waals surface area contributed by atoms with Crippen molar-refractivity contribution < 1.29 is 0 Å². The molecular weight excluding hydrogens is 210 g/mol. The van der Waals surface area contributed by atoms with E-state index >= 15 is 0 Å². The summed E-state index contributed by atoms with van der Waals surface area (Å²) in [5.74, 6) is 0.376. The van der Waals surface area contributed by atoms with E-state index in [-0.39, 0.29) is 0 Å². The summed E-state index contributed by atoms with van der Waals surface area (Å²) in [6.45, 7) is 5.16. The average molecular weight is 229 g/mol. The van der Waals surface area contributed by atoms with Crippen LogP contribution in [0.1, 0.15) is 13.3 Å². The zero-order valence-corrected chi connectivity index (χ0v) is 10.4. The molecule has 0 saturated heterocycles. The maximum atomic E-state index is 5.50. The van der Waals surface area contributed by atoms with Crippen LogP contribution in [0.25, 0.3) is 0 Å². The van der Waals surface area contributed by atoms with Crippen LogP contribution in [-0.2, 0) is 0 Å². The fraction of sp³-hybridized carbons (Fsp3) is 0.778. The lowest BCUT2D eigenvalue weighted by Gasteiger charge is -2.20. The van der Waals surface area contributed by atoms with Crippen molar-refractivity contribution in [2.24, 2.45) is 0 Å². The van der Waals surface area contributed by atoms with Gasteiger partial charge in [0.15, 0.2) is 0 Å². The monoisotopic (exact) mass is 229 g/mol. The van der Waals surface area contributed by atoms with Crippen molar-refractivity contribution in [3.05, 3.63) is 0 Å². The Hall–Kier alpha value is -0.880. The fourth-order valence-electron chi connectivity index (χ4n) is 1.32. The molecule has 1 rings (SSSR count). The predicted octanol–water partition coefficient (Wildman–Crippen LogP) is 0.898. The second-order valence-electron chi connectivity index (χ2n) is 3.67.